The average molecular weight is 370 g/mol. The van der Waals surface area contributed by atoms with Gasteiger partial charge < -0.3 is 24.8 Å². The van der Waals surface area contributed by atoms with E-state index in [4.69, 9.17) is 14.2 Å². The maximum atomic E-state index is 12.6. The predicted octanol–water partition coefficient (Wildman–Crippen LogP) is 4.32. The molecule has 27 heavy (non-hydrogen) atoms. The number of hydrogen-bond donors (Lipinski definition) is 2. The Morgan fingerprint density at radius 3 is 1.96 bits per heavy atom. The molecular formula is C21H26N2O4. The van der Waals surface area contributed by atoms with Gasteiger partial charge in [-0.3, -0.25) is 4.79 Å². The van der Waals surface area contributed by atoms with Crippen molar-refractivity contribution in [2.24, 2.45) is 0 Å². The van der Waals surface area contributed by atoms with E-state index in [1.807, 2.05) is 24.3 Å². The number of carbonyl (C=O) groups is 1. The van der Waals surface area contributed by atoms with Crippen molar-refractivity contribution < 1.29 is 19.0 Å². The molecule has 0 radical (unpaired) electrons. The third kappa shape index (κ3) is 4.45. The Morgan fingerprint density at radius 1 is 0.889 bits per heavy atom. The van der Waals surface area contributed by atoms with E-state index in [0.29, 0.717) is 28.9 Å². The summed E-state index contributed by atoms with van der Waals surface area (Å²) in [5, 5.41) is 6.44. The highest BCUT2D eigenvalue weighted by Gasteiger charge is 2.17. The summed E-state index contributed by atoms with van der Waals surface area (Å²) >= 11 is 0. The first-order chi connectivity index (χ1) is 13.1. The Labute approximate surface area is 159 Å². The van der Waals surface area contributed by atoms with Crippen LogP contribution in [-0.2, 0) is 0 Å². The Balaban J connectivity index is 1.71. The fourth-order valence-electron chi connectivity index (χ4n) is 3.37. The van der Waals surface area contributed by atoms with Crippen molar-refractivity contribution in [3.63, 3.8) is 0 Å². The Bertz CT molecular complexity index is 758. The van der Waals surface area contributed by atoms with E-state index >= 15 is 0 Å². The second-order valence-corrected chi connectivity index (χ2v) is 6.57. The zero-order valence-electron chi connectivity index (χ0n) is 16.0. The van der Waals surface area contributed by atoms with Gasteiger partial charge in [-0.15, -0.1) is 0 Å². The molecule has 6 nitrogen and oxygen atoms in total. The molecule has 1 fully saturated rings. The number of hydrogen-bond acceptors (Lipinski definition) is 5. The van der Waals surface area contributed by atoms with Gasteiger partial charge in [-0.25, -0.2) is 0 Å². The first-order valence-electron chi connectivity index (χ1n) is 9.12. The number of benzene rings is 2. The van der Waals surface area contributed by atoms with Crippen LogP contribution >= 0.6 is 0 Å². The lowest BCUT2D eigenvalue weighted by Gasteiger charge is -2.15. The Hall–Kier alpha value is -2.89. The topological polar surface area (TPSA) is 68.8 Å². The summed E-state index contributed by atoms with van der Waals surface area (Å²) < 4.78 is 15.9. The lowest BCUT2D eigenvalue weighted by Crippen LogP contribution is -2.15. The molecule has 1 aliphatic rings. The van der Waals surface area contributed by atoms with Crippen LogP contribution in [0, 0.1) is 0 Å². The van der Waals surface area contributed by atoms with Crippen molar-refractivity contribution in [3.8, 4) is 17.2 Å². The summed E-state index contributed by atoms with van der Waals surface area (Å²) in [6, 6.07) is 11.6. The largest absolute Gasteiger partial charge is 0.493 e. The number of carbonyl (C=O) groups excluding carboxylic acids is 1. The van der Waals surface area contributed by atoms with Gasteiger partial charge in [-0.2, -0.15) is 0 Å². The summed E-state index contributed by atoms with van der Waals surface area (Å²) in [7, 11) is 4.57. The summed E-state index contributed by atoms with van der Waals surface area (Å²) in [5.41, 5.74) is 2.23. The molecule has 1 aliphatic carbocycles. The van der Waals surface area contributed by atoms with Crippen molar-refractivity contribution in [2.75, 3.05) is 32.0 Å². The molecule has 1 saturated carbocycles. The Kier molecular flexibility index (Phi) is 6.06. The molecule has 0 spiro atoms. The summed E-state index contributed by atoms with van der Waals surface area (Å²) in [5.74, 6) is 1.10. The second kappa shape index (κ2) is 8.66. The van der Waals surface area contributed by atoms with Gasteiger partial charge in [-0.05, 0) is 49.2 Å². The van der Waals surface area contributed by atoms with Crippen LogP contribution in [-0.4, -0.2) is 33.3 Å². The van der Waals surface area contributed by atoms with E-state index in [1.165, 1.54) is 47.0 Å². The minimum Gasteiger partial charge on any atom is -0.493 e. The summed E-state index contributed by atoms with van der Waals surface area (Å²) in [6.45, 7) is 0. The SMILES string of the molecule is COc1cc(C(=O)Nc2ccc(NC3CCCC3)cc2)cc(OC)c1OC. The molecule has 0 unspecified atom stereocenters. The van der Waals surface area contributed by atoms with E-state index in [9.17, 15) is 4.79 Å². The molecule has 6 heteroatoms. The molecule has 0 aliphatic heterocycles. The fourth-order valence-corrected chi connectivity index (χ4v) is 3.37. The normalized spacial score (nSPS) is 13.9. The van der Waals surface area contributed by atoms with Crippen LogP contribution in [0.25, 0.3) is 0 Å². The smallest absolute Gasteiger partial charge is 0.255 e. The van der Waals surface area contributed by atoms with Gasteiger partial charge in [0.2, 0.25) is 5.75 Å². The van der Waals surface area contributed by atoms with Crippen molar-refractivity contribution in [2.45, 2.75) is 31.7 Å². The van der Waals surface area contributed by atoms with E-state index in [2.05, 4.69) is 10.6 Å². The lowest BCUT2D eigenvalue weighted by molar-refractivity contribution is 0.102. The van der Waals surface area contributed by atoms with Crippen LogP contribution in [0.2, 0.25) is 0 Å². The molecule has 3 rings (SSSR count). The van der Waals surface area contributed by atoms with Gasteiger partial charge in [0.05, 0.1) is 21.3 Å². The number of ether oxygens (including phenoxy) is 3. The summed E-state index contributed by atoms with van der Waals surface area (Å²) in [6.07, 6.45) is 5.03. The van der Waals surface area contributed by atoms with Gasteiger partial charge >= 0.3 is 0 Å². The van der Waals surface area contributed by atoms with E-state index in [0.717, 1.165) is 11.4 Å². The van der Waals surface area contributed by atoms with Crippen molar-refractivity contribution >= 4 is 17.3 Å². The van der Waals surface area contributed by atoms with E-state index < -0.39 is 0 Å². The van der Waals surface area contributed by atoms with Crippen molar-refractivity contribution in [3.05, 3.63) is 42.0 Å². The number of methoxy groups -OCH3 is 3. The van der Waals surface area contributed by atoms with Crippen molar-refractivity contribution in [1.29, 1.82) is 0 Å². The monoisotopic (exact) mass is 370 g/mol. The zero-order valence-corrected chi connectivity index (χ0v) is 16.0. The number of rotatable bonds is 7. The average Bonchev–Trinajstić information content (AvgIpc) is 3.21. The maximum absolute atomic E-state index is 12.6. The standard InChI is InChI=1S/C21H26N2O4/c1-25-18-12-14(13-19(26-2)20(18)27-3)21(24)23-17-10-8-16(9-11-17)22-15-6-4-5-7-15/h8-13,15,22H,4-7H2,1-3H3,(H,23,24). The first-order valence-corrected chi connectivity index (χ1v) is 9.12. The van der Waals surface area contributed by atoms with Gasteiger partial charge in [0.25, 0.3) is 5.91 Å². The highest BCUT2D eigenvalue weighted by atomic mass is 16.5. The predicted molar refractivity (Wildman–Crippen MR) is 106 cm³/mol. The molecule has 2 aromatic carbocycles. The number of nitrogens with one attached hydrogen (secondary N) is 2. The second-order valence-electron chi connectivity index (χ2n) is 6.57. The molecule has 1 amide bonds. The minimum absolute atomic E-state index is 0.245. The van der Waals surface area contributed by atoms with Crippen LogP contribution in [0.3, 0.4) is 0 Å². The molecule has 0 heterocycles. The van der Waals surface area contributed by atoms with Crippen LogP contribution in [0.15, 0.2) is 36.4 Å². The lowest BCUT2D eigenvalue weighted by atomic mass is 10.1. The van der Waals surface area contributed by atoms with E-state index in [-0.39, 0.29) is 5.91 Å². The molecule has 0 aromatic heterocycles. The molecule has 0 bridgehead atoms. The van der Waals surface area contributed by atoms with Crippen LogP contribution < -0.4 is 24.8 Å². The minimum atomic E-state index is -0.245. The molecule has 144 valence electrons. The highest BCUT2D eigenvalue weighted by Crippen LogP contribution is 2.38. The molecule has 2 aromatic rings. The van der Waals surface area contributed by atoms with Crippen LogP contribution in [0.1, 0.15) is 36.0 Å². The van der Waals surface area contributed by atoms with Gasteiger partial charge in [-0.1, -0.05) is 12.8 Å². The summed E-state index contributed by atoms with van der Waals surface area (Å²) in [4.78, 5) is 12.6. The number of amides is 1. The molecule has 0 saturated heterocycles. The molecule has 0 atom stereocenters. The Morgan fingerprint density at radius 2 is 1.44 bits per heavy atom. The van der Waals surface area contributed by atoms with Gasteiger partial charge in [0.15, 0.2) is 11.5 Å². The van der Waals surface area contributed by atoms with Crippen LogP contribution in [0.5, 0.6) is 17.2 Å². The third-order valence-electron chi connectivity index (χ3n) is 4.80. The molecule has 2 N–H and O–H groups in total. The maximum Gasteiger partial charge on any atom is 0.255 e. The quantitative estimate of drug-likeness (QED) is 0.760. The number of anilines is 2. The van der Waals surface area contributed by atoms with Crippen LogP contribution in [0.4, 0.5) is 11.4 Å². The van der Waals surface area contributed by atoms with Gasteiger partial charge in [0.1, 0.15) is 0 Å². The van der Waals surface area contributed by atoms with Crippen molar-refractivity contribution in [1.82, 2.24) is 0 Å². The third-order valence-corrected chi connectivity index (χ3v) is 4.80. The first kappa shape index (κ1) is 18.9. The molecular weight excluding hydrogens is 344 g/mol. The zero-order chi connectivity index (χ0) is 19.2. The van der Waals surface area contributed by atoms with Gasteiger partial charge in [0, 0.05) is 23.0 Å². The van der Waals surface area contributed by atoms with E-state index in [1.54, 1.807) is 12.1 Å². The fraction of sp³-hybridized carbons (Fsp3) is 0.381. The highest BCUT2D eigenvalue weighted by molar-refractivity contribution is 6.05.